The lowest BCUT2D eigenvalue weighted by molar-refractivity contribution is -0.479. The molecule has 0 bridgehead atoms. The summed E-state index contributed by atoms with van der Waals surface area (Å²) in [5.74, 6) is 0.440. The van der Waals surface area contributed by atoms with Gasteiger partial charge < -0.3 is 4.74 Å². The van der Waals surface area contributed by atoms with Crippen LogP contribution in [0.2, 0.25) is 0 Å². The van der Waals surface area contributed by atoms with Gasteiger partial charge >= 0.3 is 0 Å². The van der Waals surface area contributed by atoms with E-state index < -0.39 is 0 Å². The van der Waals surface area contributed by atoms with E-state index in [0.29, 0.717) is 12.3 Å². The Kier molecular flexibility index (Phi) is 3.82. The van der Waals surface area contributed by atoms with E-state index in [1.54, 1.807) is 12.3 Å². The number of hydrogen-bond donors (Lipinski definition) is 0. The zero-order valence-corrected chi connectivity index (χ0v) is 9.15. The number of methoxy groups -OCH3 is 1. The third kappa shape index (κ3) is 2.95. The molecule has 6 heteroatoms. The highest BCUT2D eigenvalue weighted by Gasteiger charge is 2.08. The van der Waals surface area contributed by atoms with E-state index in [9.17, 15) is 10.1 Å². The van der Waals surface area contributed by atoms with E-state index >= 15 is 0 Å². The molecule has 1 rings (SSSR count). The predicted molar refractivity (Wildman–Crippen MR) is 54.1 cm³/mol. The van der Waals surface area contributed by atoms with E-state index in [2.05, 4.69) is 20.9 Å². The third-order valence-electron chi connectivity index (χ3n) is 1.65. The molecule has 0 aliphatic rings. The molecule has 0 radical (unpaired) electrons. The summed E-state index contributed by atoms with van der Waals surface area (Å²) in [4.78, 5) is 13.8. The van der Waals surface area contributed by atoms with E-state index in [1.165, 1.54) is 7.11 Å². The number of nitrogens with zero attached hydrogens (tertiary/aromatic N) is 2. The van der Waals surface area contributed by atoms with Crippen molar-refractivity contribution in [3.05, 3.63) is 32.4 Å². The fraction of sp³-hybridized carbons (Fsp3) is 0.375. The van der Waals surface area contributed by atoms with Crippen LogP contribution in [0.4, 0.5) is 0 Å². The van der Waals surface area contributed by atoms with Gasteiger partial charge in [0.2, 0.25) is 12.4 Å². The molecule has 0 saturated carbocycles. The molecular formula is C8H9BrN2O3. The average molecular weight is 261 g/mol. The van der Waals surface area contributed by atoms with Crippen molar-refractivity contribution in [3.63, 3.8) is 0 Å². The van der Waals surface area contributed by atoms with Crippen LogP contribution < -0.4 is 4.74 Å². The number of pyridine rings is 1. The summed E-state index contributed by atoms with van der Waals surface area (Å²) in [6.07, 6.45) is 1.91. The summed E-state index contributed by atoms with van der Waals surface area (Å²) in [6.45, 7) is -0.117. The van der Waals surface area contributed by atoms with Crippen LogP contribution in [0, 0.1) is 10.1 Å². The van der Waals surface area contributed by atoms with Gasteiger partial charge in [0.1, 0.15) is 0 Å². The summed E-state index contributed by atoms with van der Waals surface area (Å²) in [7, 11) is 1.49. The van der Waals surface area contributed by atoms with Gasteiger partial charge in [-0.15, -0.1) is 0 Å². The van der Waals surface area contributed by atoms with Gasteiger partial charge in [0.05, 0.1) is 7.11 Å². The van der Waals surface area contributed by atoms with Gasteiger partial charge in [-0.3, -0.25) is 10.1 Å². The van der Waals surface area contributed by atoms with Crippen LogP contribution in [0.5, 0.6) is 5.88 Å². The smallest absolute Gasteiger partial charge is 0.216 e. The molecule has 1 aromatic rings. The fourth-order valence-corrected chi connectivity index (χ4v) is 1.42. The highest BCUT2D eigenvalue weighted by Crippen LogP contribution is 2.19. The molecule has 0 spiro atoms. The molecule has 0 amide bonds. The number of aromatic nitrogens is 1. The van der Waals surface area contributed by atoms with Crippen molar-refractivity contribution in [3.8, 4) is 5.88 Å². The predicted octanol–water partition coefficient (Wildman–Crippen LogP) is 1.67. The van der Waals surface area contributed by atoms with Crippen molar-refractivity contribution >= 4 is 15.9 Å². The molecule has 0 N–H and O–H groups in total. The summed E-state index contributed by atoms with van der Waals surface area (Å²) >= 11 is 3.24. The number of hydrogen-bond acceptors (Lipinski definition) is 4. The summed E-state index contributed by atoms with van der Waals surface area (Å²) in [5.41, 5.74) is 0.735. The van der Waals surface area contributed by atoms with Gasteiger partial charge in [-0.2, -0.15) is 0 Å². The highest BCUT2D eigenvalue weighted by atomic mass is 79.9. The molecule has 0 fully saturated rings. The monoisotopic (exact) mass is 260 g/mol. The molecule has 14 heavy (non-hydrogen) atoms. The first kappa shape index (κ1) is 10.9. The molecule has 5 nitrogen and oxygen atoms in total. The Morgan fingerprint density at radius 1 is 1.71 bits per heavy atom. The first-order valence-corrected chi connectivity index (χ1v) is 4.73. The second-order valence-corrected chi connectivity index (χ2v) is 3.54. The van der Waals surface area contributed by atoms with Gasteiger partial charge in [-0.05, 0) is 22.0 Å². The lowest BCUT2D eigenvalue weighted by atomic mass is 10.2. The van der Waals surface area contributed by atoms with Crippen molar-refractivity contribution in [2.75, 3.05) is 13.7 Å². The van der Waals surface area contributed by atoms with Crippen LogP contribution in [-0.2, 0) is 6.42 Å². The average Bonchev–Trinajstić information content (AvgIpc) is 2.15. The maximum atomic E-state index is 10.2. The van der Waals surface area contributed by atoms with E-state index in [4.69, 9.17) is 4.74 Å². The quantitative estimate of drug-likeness (QED) is 0.610. The standard InChI is InChI=1S/C8H9BrN2O3/c1-14-8-6(2-3-11(12)13)4-7(9)5-10-8/h4-5H,2-3H2,1H3. The van der Waals surface area contributed by atoms with Crippen LogP contribution in [-0.4, -0.2) is 23.6 Å². The molecule has 0 saturated heterocycles. The highest BCUT2D eigenvalue weighted by molar-refractivity contribution is 9.10. The Balaban J connectivity index is 2.82. The fourth-order valence-electron chi connectivity index (χ4n) is 1.04. The molecule has 1 heterocycles. The van der Waals surface area contributed by atoms with Crippen LogP contribution in [0.25, 0.3) is 0 Å². The second kappa shape index (κ2) is 4.90. The van der Waals surface area contributed by atoms with E-state index in [-0.39, 0.29) is 11.5 Å². The van der Waals surface area contributed by atoms with Crippen molar-refractivity contribution in [1.29, 1.82) is 0 Å². The summed E-state index contributed by atoms with van der Waals surface area (Å²) in [5, 5.41) is 10.2. The Morgan fingerprint density at radius 3 is 3.00 bits per heavy atom. The van der Waals surface area contributed by atoms with Crippen LogP contribution >= 0.6 is 15.9 Å². The first-order chi connectivity index (χ1) is 6.63. The molecular weight excluding hydrogens is 252 g/mol. The SMILES string of the molecule is COc1ncc(Br)cc1CC[N+](=O)[O-]. The van der Waals surface area contributed by atoms with Gasteiger partial charge in [-0.25, -0.2) is 4.98 Å². The van der Waals surface area contributed by atoms with Gasteiger partial charge in [-0.1, -0.05) is 0 Å². The normalized spacial score (nSPS) is 9.86. The molecule has 1 aromatic heterocycles. The van der Waals surface area contributed by atoms with Crippen molar-refractivity contribution in [2.45, 2.75) is 6.42 Å². The number of rotatable bonds is 4. The Labute approximate surface area is 89.4 Å². The summed E-state index contributed by atoms with van der Waals surface area (Å²) in [6, 6.07) is 1.77. The summed E-state index contributed by atoms with van der Waals surface area (Å²) < 4.78 is 5.77. The second-order valence-electron chi connectivity index (χ2n) is 2.63. The maximum Gasteiger partial charge on any atom is 0.216 e. The molecule has 0 aliphatic heterocycles. The minimum absolute atomic E-state index is 0.117. The maximum absolute atomic E-state index is 10.2. The molecule has 0 aliphatic carbocycles. The van der Waals surface area contributed by atoms with E-state index in [1.807, 2.05) is 0 Å². The number of nitro groups is 1. The zero-order valence-electron chi connectivity index (χ0n) is 7.57. The largest absolute Gasteiger partial charge is 0.481 e. The van der Waals surface area contributed by atoms with Crippen LogP contribution in [0.15, 0.2) is 16.7 Å². The van der Waals surface area contributed by atoms with Gasteiger partial charge in [0, 0.05) is 27.6 Å². The Bertz CT molecular complexity index is 343. The Hall–Kier alpha value is -1.17. The van der Waals surface area contributed by atoms with Gasteiger partial charge in [0.25, 0.3) is 0 Å². The molecule has 76 valence electrons. The zero-order chi connectivity index (χ0) is 10.6. The molecule has 0 aromatic carbocycles. The lowest BCUT2D eigenvalue weighted by Crippen LogP contribution is -2.06. The minimum atomic E-state index is -0.361. The van der Waals surface area contributed by atoms with E-state index in [0.717, 1.165) is 10.0 Å². The first-order valence-electron chi connectivity index (χ1n) is 3.93. The molecule has 0 unspecified atom stereocenters. The number of ether oxygens (including phenoxy) is 1. The van der Waals surface area contributed by atoms with Crippen LogP contribution in [0.1, 0.15) is 5.56 Å². The van der Waals surface area contributed by atoms with Gasteiger partial charge in [0.15, 0.2) is 0 Å². The van der Waals surface area contributed by atoms with Crippen molar-refractivity contribution in [2.24, 2.45) is 0 Å². The van der Waals surface area contributed by atoms with Crippen molar-refractivity contribution in [1.82, 2.24) is 4.98 Å². The number of halogens is 1. The van der Waals surface area contributed by atoms with Crippen LogP contribution in [0.3, 0.4) is 0 Å². The lowest BCUT2D eigenvalue weighted by Gasteiger charge is -2.05. The molecule has 0 atom stereocenters. The van der Waals surface area contributed by atoms with Crippen molar-refractivity contribution < 1.29 is 9.66 Å². The third-order valence-corrected chi connectivity index (χ3v) is 2.08. The topological polar surface area (TPSA) is 65.3 Å². The minimum Gasteiger partial charge on any atom is -0.481 e. The Morgan fingerprint density at radius 2 is 2.43 bits per heavy atom.